The number of benzene rings is 2. The van der Waals surface area contributed by atoms with Crippen molar-refractivity contribution in [2.24, 2.45) is 0 Å². The van der Waals surface area contributed by atoms with E-state index in [0.29, 0.717) is 25.3 Å². The molecule has 0 radical (unpaired) electrons. The lowest BCUT2D eigenvalue weighted by Crippen LogP contribution is -2.52. The van der Waals surface area contributed by atoms with Gasteiger partial charge >= 0.3 is 6.03 Å². The molecule has 0 aliphatic carbocycles. The first-order chi connectivity index (χ1) is 12.5. The van der Waals surface area contributed by atoms with Crippen LogP contribution < -0.4 is 10.9 Å². The number of nitrogens with one attached hydrogen (secondary N) is 2. The van der Waals surface area contributed by atoms with E-state index in [1.807, 2.05) is 19.1 Å². The van der Waals surface area contributed by atoms with Gasteiger partial charge in [0.05, 0.1) is 13.2 Å². The lowest BCUT2D eigenvalue weighted by atomic mass is 10.1. The first-order valence-corrected chi connectivity index (χ1v) is 8.32. The summed E-state index contributed by atoms with van der Waals surface area (Å²) in [6.07, 6.45) is -0.331. The standard InChI is InChI=1S/C19H20FN3O3/c1-13-4-2-3-5-16(13)18(24)21-22-19(25)23-10-11-26-17(12-23)14-6-8-15(20)9-7-14/h2-9,17H,10-12H2,1H3,(H,21,24)(H,22,25)/t17-/m1/s1. The van der Waals surface area contributed by atoms with Crippen molar-refractivity contribution < 1.29 is 18.7 Å². The molecule has 136 valence electrons. The fourth-order valence-electron chi connectivity index (χ4n) is 2.80. The van der Waals surface area contributed by atoms with E-state index in [-0.39, 0.29) is 17.8 Å². The maximum absolute atomic E-state index is 13.0. The van der Waals surface area contributed by atoms with Gasteiger partial charge in [0.15, 0.2) is 0 Å². The van der Waals surface area contributed by atoms with E-state index >= 15 is 0 Å². The summed E-state index contributed by atoms with van der Waals surface area (Å²) < 4.78 is 18.7. The second-order valence-electron chi connectivity index (χ2n) is 6.06. The van der Waals surface area contributed by atoms with Crippen LogP contribution in [0.2, 0.25) is 0 Å². The van der Waals surface area contributed by atoms with Crippen molar-refractivity contribution in [1.82, 2.24) is 15.8 Å². The first kappa shape index (κ1) is 17.9. The third-order valence-corrected chi connectivity index (χ3v) is 4.27. The first-order valence-electron chi connectivity index (χ1n) is 8.32. The van der Waals surface area contributed by atoms with Gasteiger partial charge in [0.25, 0.3) is 5.91 Å². The Hall–Kier alpha value is -2.93. The minimum atomic E-state index is -0.414. The summed E-state index contributed by atoms with van der Waals surface area (Å²) in [5.41, 5.74) is 6.98. The molecule has 3 rings (SSSR count). The van der Waals surface area contributed by atoms with Gasteiger partial charge in [0.2, 0.25) is 0 Å². The number of carbonyl (C=O) groups is 2. The summed E-state index contributed by atoms with van der Waals surface area (Å²) in [6.45, 7) is 2.91. The predicted octanol–water partition coefficient (Wildman–Crippen LogP) is 2.56. The number of halogens is 1. The van der Waals surface area contributed by atoms with E-state index < -0.39 is 6.03 Å². The van der Waals surface area contributed by atoms with E-state index in [4.69, 9.17) is 4.74 Å². The third kappa shape index (κ3) is 4.18. The third-order valence-electron chi connectivity index (χ3n) is 4.27. The van der Waals surface area contributed by atoms with Crippen molar-refractivity contribution in [2.45, 2.75) is 13.0 Å². The molecule has 2 aromatic rings. The minimum Gasteiger partial charge on any atom is -0.370 e. The Morgan fingerprint density at radius 3 is 2.58 bits per heavy atom. The molecule has 7 heteroatoms. The molecule has 0 unspecified atom stereocenters. The summed E-state index contributed by atoms with van der Waals surface area (Å²) in [4.78, 5) is 26.1. The Kier molecular flexibility index (Phi) is 5.48. The fourth-order valence-corrected chi connectivity index (χ4v) is 2.80. The average Bonchev–Trinajstić information content (AvgIpc) is 2.67. The topological polar surface area (TPSA) is 70.7 Å². The van der Waals surface area contributed by atoms with E-state index in [2.05, 4.69) is 10.9 Å². The highest BCUT2D eigenvalue weighted by atomic mass is 19.1. The second-order valence-corrected chi connectivity index (χ2v) is 6.06. The SMILES string of the molecule is Cc1ccccc1C(=O)NNC(=O)N1CCO[C@@H](c2ccc(F)cc2)C1. The van der Waals surface area contributed by atoms with Gasteiger partial charge in [-0.25, -0.2) is 14.6 Å². The molecule has 1 aliphatic heterocycles. The van der Waals surface area contributed by atoms with E-state index in [1.54, 1.807) is 29.2 Å². The number of nitrogens with zero attached hydrogens (tertiary/aromatic N) is 1. The average molecular weight is 357 g/mol. The molecule has 1 heterocycles. The van der Waals surface area contributed by atoms with Crippen molar-refractivity contribution in [3.05, 3.63) is 71.0 Å². The van der Waals surface area contributed by atoms with Gasteiger partial charge in [0.1, 0.15) is 11.9 Å². The highest BCUT2D eigenvalue weighted by molar-refractivity contribution is 5.96. The van der Waals surface area contributed by atoms with Crippen LogP contribution in [0, 0.1) is 12.7 Å². The highest BCUT2D eigenvalue weighted by Gasteiger charge is 2.25. The largest absolute Gasteiger partial charge is 0.370 e. The molecular weight excluding hydrogens is 337 g/mol. The zero-order valence-corrected chi connectivity index (χ0v) is 14.4. The molecule has 6 nitrogen and oxygen atoms in total. The Balaban J connectivity index is 1.57. The molecule has 0 aromatic heterocycles. The van der Waals surface area contributed by atoms with Crippen LogP contribution in [0.5, 0.6) is 0 Å². The lowest BCUT2D eigenvalue weighted by molar-refractivity contribution is -0.0158. The van der Waals surface area contributed by atoms with Gasteiger partial charge in [-0.15, -0.1) is 0 Å². The second kappa shape index (κ2) is 7.97. The number of urea groups is 1. The van der Waals surface area contributed by atoms with Crippen LogP contribution in [0.25, 0.3) is 0 Å². The monoisotopic (exact) mass is 357 g/mol. The Morgan fingerprint density at radius 1 is 1.12 bits per heavy atom. The van der Waals surface area contributed by atoms with Crippen LogP contribution in [0.15, 0.2) is 48.5 Å². The van der Waals surface area contributed by atoms with Crippen LogP contribution >= 0.6 is 0 Å². The smallest absolute Gasteiger partial charge is 0.336 e. The van der Waals surface area contributed by atoms with Crippen LogP contribution in [0.1, 0.15) is 27.6 Å². The summed E-state index contributed by atoms with van der Waals surface area (Å²) in [7, 11) is 0. The maximum Gasteiger partial charge on any atom is 0.336 e. The van der Waals surface area contributed by atoms with Crippen molar-refractivity contribution in [1.29, 1.82) is 0 Å². The zero-order chi connectivity index (χ0) is 18.5. The number of carbonyl (C=O) groups excluding carboxylic acids is 2. The molecule has 3 amide bonds. The van der Waals surface area contributed by atoms with Gasteiger partial charge in [0, 0.05) is 12.1 Å². The Labute approximate surface area is 150 Å². The molecule has 0 spiro atoms. The predicted molar refractivity (Wildman–Crippen MR) is 93.8 cm³/mol. The highest BCUT2D eigenvalue weighted by Crippen LogP contribution is 2.22. The number of morpholine rings is 1. The summed E-state index contributed by atoms with van der Waals surface area (Å²) in [5, 5.41) is 0. The van der Waals surface area contributed by atoms with E-state index in [9.17, 15) is 14.0 Å². The molecule has 26 heavy (non-hydrogen) atoms. The molecule has 1 atom stereocenters. The van der Waals surface area contributed by atoms with Crippen molar-refractivity contribution in [2.75, 3.05) is 19.7 Å². The van der Waals surface area contributed by atoms with E-state index in [1.165, 1.54) is 12.1 Å². The van der Waals surface area contributed by atoms with Crippen molar-refractivity contribution in [3.8, 4) is 0 Å². The summed E-state index contributed by atoms with van der Waals surface area (Å²) in [5.74, 6) is -0.696. The maximum atomic E-state index is 13.0. The van der Waals surface area contributed by atoms with Crippen LogP contribution in [-0.2, 0) is 4.74 Å². The number of hydrogen-bond donors (Lipinski definition) is 2. The van der Waals surface area contributed by atoms with Crippen molar-refractivity contribution in [3.63, 3.8) is 0 Å². The Bertz CT molecular complexity index is 795. The minimum absolute atomic E-state index is 0.317. The molecule has 1 saturated heterocycles. The number of hydrogen-bond acceptors (Lipinski definition) is 3. The van der Waals surface area contributed by atoms with Crippen molar-refractivity contribution >= 4 is 11.9 Å². The number of hydrazine groups is 1. The van der Waals surface area contributed by atoms with Gasteiger partial charge in [-0.05, 0) is 36.2 Å². The summed E-state index contributed by atoms with van der Waals surface area (Å²) in [6, 6.07) is 12.7. The number of aryl methyl sites for hydroxylation is 1. The number of ether oxygens (including phenoxy) is 1. The number of amides is 3. The quantitative estimate of drug-likeness (QED) is 0.812. The van der Waals surface area contributed by atoms with Gasteiger partial charge in [-0.2, -0.15) is 0 Å². The lowest BCUT2D eigenvalue weighted by Gasteiger charge is -2.33. The van der Waals surface area contributed by atoms with Crippen LogP contribution in [0.4, 0.5) is 9.18 Å². The van der Waals surface area contributed by atoms with Crippen LogP contribution in [-0.4, -0.2) is 36.5 Å². The summed E-state index contributed by atoms with van der Waals surface area (Å²) >= 11 is 0. The normalized spacial score (nSPS) is 16.8. The molecule has 2 N–H and O–H groups in total. The number of rotatable bonds is 2. The molecule has 1 fully saturated rings. The zero-order valence-electron chi connectivity index (χ0n) is 14.4. The molecule has 1 aliphatic rings. The van der Waals surface area contributed by atoms with E-state index in [0.717, 1.165) is 11.1 Å². The van der Waals surface area contributed by atoms with Gasteiger partial charge in [-0.3, -0.25) is 10.2 Å². The molecular formula is C19H20FN3O3. The molecule has 0 bridgehead atoms. The fraction of sp³-hybridized carbons (Fsp3) is 0.263. The van der Waals surface area contributed by atoms with Gasteiger partial charge in [-0.1, -0.05) is 30.3 Å². The van der Waals surface area contributed by atoms with Crippen LogP contribution in [0.3, 0.4) is 0 Å². The van der Waals surface area contributed by atoms with Gasteiger partial charge < -0.3 is 9.64 Å². The molecule has 0 saturated carbocycles. The molecule has 2 aromatic carbocycles. The Morgan fingerprint density at radius 2 is 1.85 bits per heavy atom.